The Morgan fingerprint density at radius 1 is 1.21 bits per heavy atom. The van der Waals surface area contributed by atoms with E-state index in [9.17, 15) is 14.9 Å². The fraction of sp³-hybridized carbons (Fsp3) is 0.0667. The molecule has 1 amide bonds. The molecular weight excluding hydrogens is 355 g/mol. The van der Waals surface area contributed by atoms with E-state index in [0.29, 0.717) is 26.6 Å². The minimum atomic E-state index is -0.478. The lowest BCUT2D eigenvalue weighted by molar-refractivity contribution is -0.384. The van der Waals surface area contributed by atoms with Crippen LogP contribution in [0, 0.1) is 10.1 Å². The second kappa shape index (κ2) is 6.46. The third kappa shape index (κ3) is 3.32. The van der Waals surface area contributed by atoms with Crippen LogP contribution < -0.4 is 5.32 Å². The highest BCUT2D eigenvalue weighted by molar-refractivity contribution is 6.42. The predicted molar refractivity (Wildman–Crippen MR) is 91.5 cm³/mol. The molecule has 0 saturated carbocycles. The molecule has 1 aromatic heterocycles. The van der Waals surface area contributed by atoms with Crippen LogP contribution in [0.5, 0.6) is 0 Å². The van der Waals surface area contributed by atoms with Crippen molar-refractivity contribution in [2.24, 2.45) is 0 Å². The standard InChI is InChI=1S/C15H10Cl2N4O3/c16-12-3-1-10(6-13(12)17)19-15(22)8-20-14-4-2-11(21(23)24)5-9(14)7-18-20/h1-7H,8H2,(H,19,22). The minimum absolute atomic E-state index is 0.0256. The molecule has 0 unspecified atom stereocenters. The number of aromatic nitrogens is 2. The fourth-order valence-electron chi connectivity index (χ4n) is 2.22. The van der Waals surface area contributed by atoms with Crippen molar-refractivity contribution in [3.8, 4) is 0 Å². The van der Waals surface area contributed by atoms with Gasteiger partial charge in [0.25, 0.3) is 5.69 Å². The van der Waals surface area contributed by atoms with Crippen molar-refractivity contribution < 1.29 is 9.72 Å². The Morgan fingerprint density at radius 2 is 2.00 bits per heavy atom. The summed E-state index contributed by atoms with van der Waals surface area (Å²) in [6.45, 7) is -0.0401. The number of rotatable bonds is 4. The lowest BCUT2D eigenvalue weighted by atomic mass is 10.2. The number of carbonyl (C=O) groups excluding carboxylic acids is 1. The second-order valence-electron chi connectivity index (χ2n) is 4.98. The summed E-state index contributed by atoms with van der Waals surface area (Å²) >= 11 is 11.7. The molecule has 122 valence electrons. The number of nitrogens with one attached hydrogen (secondary N) is 1. The van der Waals surface area contributed by atoms with Crippen LogP contribution in [0.15, 0.2) is 42.6 Å². The third-order valence-electron chi connectivity index (χ3n) is 3.33. The van der Waals surface area contributed by atoms with Gasteiger partial charge in [-0.15, -0.1) is 0 Å². The topological polar surface area (TPSA) is 90.1 Å². The van der Waals surface area contributed by atoms with Crippen molar-refractivity contribution in [3.05, 3.63) is 62.8 Å². The summed E-state index contributed by atoms with van der Waals surface area (Å²) in [7, 11) is 0. The Balaban J connectivity index is 1.77. The summed E-state index contributed by atoms with van der Waals surface area (Å²) in [4.78, 5) is 22.4. The normalized spacial score (nSPS) is 10.8. The smallest absolute Gasteiger partial charge is 0.270 e. The van der Waals surface area contributed by atoms with E-state index >= 15 is 0 Å². The van der Waals surface area contributed by atoms with Gasteiger partial charge in [-0.25, -0.2) is 0 Å². The zero-order valence-corrected chi connectivity index (χ0v) is 13.6. The lowest BCUT2D eigenvalue weighted by Crippen LogP contribution is -2.19. The highest BCUT2D eigenvalue weighted by Gasteiger charge is 2.12. The molecule has 2 aromatic carbocycles. The maximum Gasteiger partial charge on any atom is 0.270 e. The molecular formula is C15H10Cl2N4O3. The molecule has 3 rings (SSSR count). The molecule has 0 aliphatic heterocycles. The van der Waals surface area contributed by atoms with Crippen LogP contribution in [-0.2, 0) is 11.3 Å². The molecule has 9 heteroatoms. The maximum absolute atomic E-state index is 12.1. The van der Waals surface area contributed by atoms with Crippen molar-refractivity contribution in [2.45, 2.75) is 6.54 Å². The van der Waals surface area contributed by atoms with E-state index in [-0.39, 0.29) is 18.1 Å². The van der Waals surface area contributed by atoms with E-state index in [1.807, 2.05) is 0 Å². The van der Waals surface area contributed by atoms with Crippen molar-refractivity contribution in [3.63, 3.8) is 0 Å². The van der Waals surface area contributed by atoms with E-state index in [1.165, 1.54) is 23.0 Å². The summed E-state index contributed by atoms with van der Waals surface area (Å²) in [6, 6.07) is 9.12. The lowest BCUT2D eigenvalue weighted by Gasteiger charge is -2.07. The molecule has 0 radical (unpaired) electrons. The van der Waals surface area contributed by atoms with Gasteiger partial charge in [-0.2, -0.15) is 5.10 Å². The fourth-order valence-corrected chi connectivity index (χ4v) is 2.52. The van der Waals surface area contributed by atoms with Gasteiger partial charge in [-0.05, 0) is 24.3 Å². The maximum atomic E-state index is 12.1. The number of carbonyl (C=O) groups is 1. The molecule has 0 saturated heterocycles. The Kier molecular flexibility index (Phi) is 4.37. The highest BCUT2D eigenvalue weighted by Crippen LogP contribution is 2.25. The van der Waals surface area contributed by atoms with E-state index in [4.69, 9.17) is 23.2 Å². The highest BCUT2D eigenvalue weighted by atomic mass is 35.5. The van der Waals surface area contributed by atoms with Crippen LogP contribution in [0.1, 0.15) is 0 Å². The number of nitro benzene ring substituents is 1. The summed E-state index contributed by atoms with van der Waals surface area (Å²) < 4.78 is 1.46. The van der Waals surface area contributed by atoms with Gasteiger partial charge in [0.2, 0.25) is 5.91 Å². The average molecular weight is 365 g/mol. The number of halogens is 2. The molecule has 1 heterocycles. The van der Waals surface area contributed by atoms with Crippen molar-refractivity contribution >= 4 is 51.4 Å². The van der Waals surface area contributed by atoms with Gasteiger partial charge in [0.15, 0.2) is 0 Å². The van der Waals surface area contributed by atoms with Crippen molar-refractivity contribution in [1.29, 1.82) is 0 Å². The van der Waals surface area contributed by atoms with Gasteiger partial charge in [0, 0.05) is 23.2 Å². The first-order valence-corrected chi connectivity index (χ1v) is 7.54. The first-order valence-electron chi connectivity index (χ1n) is 6.79. The molecule has 7 nitrogen and oxygen atoms in total. The molecule has 0 atom stereocenters. The first-order chi connectivity index (χ1) is 11.4. The first kappa shape index (κ1) is 16.2. The third-order valence-corrected chi connectivity index (χ3v) is 4.07. The number of fused-ring (bicyclic) bond motifs is 1. The number of hydrogen-bond donors (Lipinski definition) is 1. The van der Waals surface area contributed by atoms with Crippen LogP contribution in [0.2, 0.25) is 10.0 Å². The number of nitrogens with zero attached hydrogens (tertiary/aromatic N) is 3. The van der Waals surface area contributed by atoms with E-state index in [2.05, 4.69) is 10.4 Å². The number of nitro groups is 1. The molecule has 3 aromatic rings. The Hall–Kier alpha value is -2.64. The SMILES string of the molecule is O=C(Cn1ncc2cc([N+](=O)[O-])ccc21)Nc1ccc(Cl)c(Cl)c1. The monoisotopic (exact) mass is 364 g/mol. The largest absolute Gasteiger partial charge is 0.324 e. The van der Waals surface area contributed by atoms with Crippen molar-refractivity contribution in [2.75, 3.05) is 5.32 Å². The minimum Gasteiger partial charge on any atom is -0.324 e. The molecule has 0 fully saturated rings. The number of benzene rings is 2. The molecule has 1 N–H and O–H groups in total. The molecule has 0 aliphatic carbocycles. The van der Waals surface area contributed by atoms with Gasteiger partial charge in [0.1, 0.15) is 6.54 Å². The van der Waals surface area contributed by atoms with Crippen LogP contribution in [0.25, 0.3) is 10.9 Å². The summed E-state index contributed by atoms with van der Waals surface area (Å²) in [5.41, 5.74) is 1.12. The summed E-state index contributed by atoms with van der Waals surface area (Å²) in [5.74, 6) is -0.309. The number of non-ortho nitro benzene ring substituents is 1. The van der Waals surface area contributed by atoms with Gasteiger partial charge in [-0.3, -0.25) is 19.6 Å². The number of hydrogen-bond acceptors (Lipinski definition) is 4. The summed E-state index contributed by atoms with van der Waals surface area (Å²) in [6.07, 6.45) is 1.48. The average Bonchev–Trinajstić information content (AvgIpc) is 2.93. The zero-order chi connectivity index (χ0) is 17.3. The molecule has 0 spiro atoms. The number of anilines is 1. The Bertz CT molecular complexity index is 955. The van der Waals surface area contributed by atoms with Crippen LogP contribution in [-0.4, -0.2) is 20.6 Å². The number of amides is 1. The van der Waals surface area contributed by atoms with Gasteiger partial charge < -0.3 is 5.32 Å². The van der Waals surface area contributed by atoms with Gasteiger partial charge in [-0.1, -0.05) is 23.2 Å². The Labute approximate surface area is 145 Å². The molecule has 24 heavy (non-hydrogen) atoms. The van der Waals surface area contributed by atoms with Crippen LogP contribution in [0.4, 0.5) is 11.4 Å². The summed E-state index contributed by atoms with van der Waals surface area (Å²) in [5, 5.41) is 18.9. The van der Waals surface area contributed by atoms with Crippen LogP contribution in [0.3, 0.4) is 0 Å². The Morgan fingerprint density at radius 3 is 2.71 bits per heavy atom. The quantitative estimate of drug-likeness (QED) is 0.561. The molecule has 0 aliphatic rings. The molecule has 0 bridgehead atoms. The zero-order valence-electron chi connectivity index (χ0n) is 12.1. The van der Waals surface area contributed by atoms with E-state index < -0.39 is 4.92 Å². The van der Waals surface area contributed by atoms with E-state index in [0.717, 1.165) is 0 Å². The van der Waals surface area contributed by atoms with Gasteiger partial charge >= 0.3 is 0 Å². The van der Waals surface area contributed by atoms with E-state index in [1.54, 1.807) is 24.3 Å². The van der Waals surface area contributed by atoms with Crippen molar-refractivity contribution in [1.82, 2.24) is 9.78 Å². The van der Waals surface area contributed by atoms with Crippen LogP contribution >= 0.6 is 23.2 Å². The van der Waals surface area contributed by atoms with Gasteiger partial charge in [0.05, 0.1) is 26.7 Å². The second-order valence-corrected chi connectivity index (χ2v) is 5.79. The predicted octanol–water partition coefficient (Wildman–Crippen LogP) is 3.89.